The van der Waals surface area contributed by atoms with E-state index in [0.717, 1.165) is 65.0 Å². The molecule has 0 bridgehead atoms. The number of carbonyl (C=O) groups excluding carboxylic acids is 3. The molecule has 4 aliphatic carbocycles. The fraction of sp³-hybridized carbons (Fsp3) is 0.914. The summed E-state index contributed by atoms with van der Waals surface area (Å²) >= 11 is 0. The average Bonchev–Trinajstić information content (AvgIpc) is 3.36. The van der Waals surface area contributed by atoms with Gasteiger partial charge in [-0.3, -0.25) is 19.7 Å². The third-order valence-corrected chi connectivity index (χ3v) is 14.9. The maximum atomic E-state index is 14.4. The van der Waals surface area contributed by atoms with Gasteiger partial charge in [-0.05, 0) is 86.4 Å². The topological polar surface area (TPSA) is 97.0 Å². The lowest BCUT2D eigenvalue weighted by atomic mass is 9.44. The molecule has 4 aliphatic heterocycles. The van der Waals surface area contributed by atoms with Crippen molar-refractivity contribution in [2.45, 2.75) is 110 Å². The highest BCUT2D eigenvalue weighted by Crippen LogP contribution is 2.70. The average molecular weight is 596 g/mol. The Kier molecular flexibility index (Phi) is 6.56. The summed E-state index contributed by atoms with van der Waals surface area (Å²) in [6.45, 7) is 13.4. The largest absolute Gasteiger partial charge is 0.380 e. The predicted molar refractivity (Wildman–Crippen MR) is 161 cm³/mol. The molecule has 0 aromatic carbocycles. The molecule has 8 nitrogen and oxygen atoms in total. The quantitative estimate of drug-likeness (QED) is 0.481. The first-order chi connectivity index (χ1) is 20.5. The second-order valence-corrected chi connectivity index (χ2v) is 17.1. The molecule has 8 aliphatic rings. The molecule has 2 spiro atoms. The second kappa shape index (κ2) is 9.75. The minimum Gasteiger partial charge on any atom is -0.380 e. The number of carbonyl (C=O) groups is 3. The SMILES string of the molecule is C[C@H]1CC[C@@]2(NC1)O[C@H]1C[C@H]3[C@@H]4CC[C@@H]5CC(NC(=O)CC(=O)N6CC7(COC7)C6)CC[C@]5(C)[C@H]4CC(=O)[C@]3(C)[C@H]1[C@@H]2C. The van der Waals surface area contributed by atoms with Crippen LogP contribution < -0.4 is 10.6 Å². The van der Waals surface area contributed by atoms with Crippen LogP contribution in [0.15, 0.2) is 0 Å². The van der Waals surface area contributed by atoms with Crippen molar-refractivity contribution in [2.24, 2.45) is 57.7 Å². The minimum absolute atomic E-state index is 0.0481. The third kappa shape index (κ3) is 4.13. The van der Waals surface area contributed by atoms with Gasteiger partial charge in [-0.1, -0.05) is 27.7 Å². The van der Waals surface area contributed by atoms with Gasteiger partial charge >= 0.3 is 0 Å². The van der Waals surface area contributed by atoms with E-state index in [1.807, 2.05) is 4.90 Å². The van der Waals surface area contributed by atoms with Crippen LogP contribution in [0.5, 0.6) is 0 Å². The molecule has 4 saturated carbocycles. The van der Waals surface area contributed by atoms with Gasteiger partial charge in [-0.25, -0.2) is 0 Å². The highest BCUT2D eigenvalue weighted by molar-refractivity contribution is 5.97. The summed E-state index contributed by atoms with van der Waals surface area (Å²) in [4.78, 5) is 41.7. The van der Waals surface area contributed by atoms with Gasteiger partial charge in [0, 0.05) is 49.3 Å². The molecule has 12 atom stereocenters. The van der Waals surface area contributed by atoms with Crippen LogP contribution in [-0.4, -0.2) is 73.2 Å². The summed E-state index contributed by atoms with van der Waals surface area (Å²) in [5.74, 6) is 3.62. The fourth-order valence-corrected chi connectivity index (χ4v) is 12.3. The molecule has 2 amide bonds. The molecule has 4 saturated heterocycles. The van der Waals surface area contributed by atoms with E-state index in [2.05, 4.69) is 38.3 Å². The first kappa shape index (κ1) is 28.9. The molecule has 1 unspecified atom stereocenters. The number of hydrogen-bond acceptors (Lipinski definition) is 6. The van der Waals surface area contributed by atoms with Gasteiger partial charge in [-0.2, -0.15) is 0 Å². The lowest BCUT2D eigenvalue weighted by Gasteiger charge is -2.60. The molecule has 2 N–H and O–H groups in total. The number of rotatable bonds is 3. The summed E-state index contributed by atoms with van der Waals surface area (Å²) in [5, 5.41) is 7.05. The lowest BCUT2D eigenvalue weighted by molar-refractivity contribution is -0.195. The molecule has 0 aromatic heterocycles. The molecule has 8 fully saturated rings. The summed E-state index contributed by atoms with van der Waals surface area (Å²) in [5.41, 5.74) is -0.206. The number of hydrogen-bond donors (Lipinski definition) is 2. The second-order valence-electron chi connectivity index (χ2n) is 17.1. The van der Waals surface area contributed by atoms with Crippen LogP contribution in [0, 0.1) is 57.7 Å². The van der Waals surface area contributed by atoms with Crippen molar-refractivity contribution in [3.05, 3.63) is 0 Å². The van der Waals surface area contributed by atoms with Gasteiger partial charge in [0.05, 0.1) is 24.7 Å². The van der Waals surface area contributed by atoms with E-state index in [9.17, 15) is 14.4 Å². The fourth-order valence-electron chi connectivity index (χ4n) is 12.3. The standard InChI is InChI=1S/C35H53N3O5/c1-20-7-10-35(36-15-20)21(2)31-27(43-35)12-26-24-6-5-22-11-23(8-9-32(22,3)25(24)13-28(39)33(26,31)4)37-29(40)14-30(41)38-16-34(17-38)18-42-19-34/h20-27,31,36H,5-19H2,1-4H3,(H,37,40)/t20-,21-,22+,23?,24+,25-,26-,27-,31-,32-,33+,35+/m0/s1. The Morgan fingerprint density at radius 1 is 1.02 bits per heavy atom. The van der Waals surface area contributed by atoms with Crippen molar-refractivity contribution in [2.75, 3.05) is 32.8 Å². The van der Waals surface area contributed by atoms with Gasteiger partial charge in [-0.15, -0.1) is 0 Å². The highest BCUT2D eigenvalue weighted by Gasteiger charge is 2.71. The molecule has 238 valence electrons. The smallest absolute Gasteiger partial charge is 0.232 e. The van der Waals surface area contributed by atoms with Crippen LogP contribution in [0.1, 0.15) is 91.9 Å². The van der Waals surface area contributed by atoms with Crippen molar-refractivity contribution in [1.29, 1.82) is 0 Å². The molecule has 0 radical (unpaired) electrons. The van der Waals surface area contributed by atoms with Crippen LogP contribution in [0.25, 0.3) is 0 Å². The van der Waals surface area contributed by atoms with Crippen LogP contribution in [0.2, 0.25) is 0 Å². The van der Waals surface area contributed by atoms with Gasteiger partial charge in [0.25, 0.3) is 0 Å². The Hall–Kier alpha value is -1.51. The number of nitrogens with one attached hydrogen (secondary N) is 2. The van der Waals surface area contributed by atoms with Gasteiger partial charge in [0.2, 0.25) is 11.8 Å². The van der Waals surface area contributed by atoms with Crippen LogP contribution in [0.4, 0.5) is 0 Å². The van der Waals surface area contributed by atoms with Gasteiger partial charge < -0.3 is 19.7 Å². The predicted octanol–water partition coefficient (Wildman–Crippen LogP) is 3.92. The molecule has 8 rings (SSSR count). The Bertz CT molecular complexity index is 1190. The molecule has 43 heavy (non-hydrogen) atoms. The molecular formula is C35H53N3O5. The van der Waals surface area contributed by atoms with Crippen LogP contribution >= 0.6 is 0 Å². The Labute approximate surface area is 257 Å². The zero-order chi connectivity index (χ0) is 29.9. The zero-order valence-electron chi connectivity index (χ0n) is 26.8. The summed E-state index contributed by atoms with van der Waals surface area (Å²) in [6, 6.07) is 0.129. The first-order valence-corrected chi connectivity index (χ1v) is 17.6. The number of Topliss-reactive ketones (excluding diaryl/α,β-unsaturated/α-hetero) is 1. The van der Waals surface area contributed by atoms with Crippen LogP contribution in [0.3, 0.4) is 0 Å². The normalized spacial score (nSPS) is 51.1. The molecule has 0 aromatic rings. The first-order valence-electron chi connectivity index (χ1n) is 17.6. The van der Waals surface area contributed by atoms with Gasteiger partial charge in [0.15, 0.2) is 0 Å². The molecule has 4 heterocycles. The van der Waals surface area contributed by atoms with Crippen molar-refractivity contribution < 1.29 is 23.9 Å². The Balaban J connectivity index is 0.913. The number of likely N-dealkylation sites (tertiary alicyclic amines) is 1. The van der Waals surface area contributed by atoms with Gasteiger partial charge in [0.1, 0.15) is 17.9 Å². The van der Waals surface area contributed by atoms with Crippen molar-refractivity contribution in [1.82, 2.24) is 15.5 Å². The van der Waals surface area contributed by atoms with Crippen LogP contribution in [-0.2, 0) is 23.9 Å². The molecular weight excluding hydrogens is 542 g/mol. The summed E-state index contributed by atoms with van der Waals surface area (Å²) in [7, 11) is 0. The molecule has 8 heteroatoms. The number of nitrogens with zero attached hydrogens (tertiary/aromatic N) is 1. The number of amides is 2. The summed E-state index contributed by atoms with van der Waals surface area (Å²) in [6.07, 6.45) is 9.47. The number of piperidine rings is 1. The third-order valence-electron chi connectivity index (χ3n) is 14.9. The Morgan fingerprint density at radius 3 is 2.51 bits per heavy atom. The summed E-state index contributed by atoms with van der Waals surface area (Å²) < 4.78 is 12.3. The monoisotopic (exact) mass is 595 g/mol. The number of ether oxygens (including phenoxy) is 2. The van der Waals surface area contributed by atoms with Crippen molar-refractivity contribution >= 4 is 17.6 Å². The minimum atomic E-state index is -0.276. The van der Waals surface area contributed by atoms with E-state index in [0.29, 0.717) is 53.6 Å². The number of fused-ring (bicyclic) bond motifs is 7. The maximum Gasteiger partial charge on any atom is 0.232 e. The lowest BCUT2D eigenvalue weighted by Crippen LogP contribution is -2.67. The van der Waals surface area contributed by atoms with Crippen molar-refractivity contribution in [3.63, 3.8) is 0 Å². The van der Waals surface area contributed by atoms with E-state index in [4.69, 9.17) is 9.47 Å². The van der Waals surface area contributed by atoms with E-state index in [-0.39, 0.29) is 52.4 Å². The van der Waals surface area contributed by atoms with E-state index < -0.39 is 0 Å². The maximum absolute atomic E-state index is 14.4. The van der Waals surface area contributed by atoms with E-state index in [1.54, 1.807) is 0 Å². The highest BCUT2D eigenvalue weighted by atomic mass is 16.5. The number of ketones is 1. The van der Waals surface area contributed by atoms with Crippen molar-refractivity contribution in [3.8, 4) is 0 Å². The van der Waals surface area contributed by atoms with E-state index in [1.165, 1.54) is 19.3 Å². The zero-order valence-corrected chi connectivity index (χ0v) is 26.8. The Morgan fingerprint density at radius 2 is 1.81 bits per heavy atom. The van der Waals surface area contributed by atoms with E-state index >= 15 is 0 Å².